The lowest BCUT2D eigenvalue weighted by Gasteiger charge is -2.47. The van der Waals surface area contributed by atoms with Crippen LogP contribution in [-0.4, -0.2) is 36.9 Å². The summed E-state index contributed by atoms with van der Waals surface area (Å²) in [7, 11) is -2.07. The number of carbonyl (C=O) groups excluding carboxylic acids is 2. The van der Waals surface area contributed by atoms with E-state index in [1.54, 1.807) is 12.1 Å². The monoisotopic (exact) mass is 429 g/mol. The Hall–Kier alpha value is -1.76. The number of imide groups is 1. The van der Waals surface area contributed by atoms with E-state index in [-0.39, 0.29) is 17.7 Å². The number of para-hydroxylation sites is 1. The zero-order valence-electron chi connectivity index (χ0n) is 18.8. The van der Waals surface area contributed by atoms with Crippen molar-refractivity contribution in [2.75, 3.05) is 4.90 Å². The first-order chi connectivity index (χ1) is 14.2. The number of fused-ring (bicyclic) bond motifs is 1. The van der Waals surface area contributed by atoms with Gasteiger partial charge in [-0.05, 0) is 42.6 Å². The van der Waals surface area contributed by atoms with E-state index in [0.717, 1.165) is 18.1 Å². The third-order valence-electron chi connectivity index (χ3n) is 7.09. The highest BCUT2D eigenvalue weighted by atomic mass is 28.4. The van der Waals surface area contributed by atoms with Gasteiger partial charge in [0.2, 0.25) is 11.8 Å². The number of rotatable bonds is 8. The van der Waals surface area contributed by atoms with Crippen LogP contribution in [0.5, 0.6) is 0 Å². The number of carbonyl (C=O) groups is 2. The number of hydrogen-bond acceptors (Lipinski definition) is 4. The summed E-state index contributed by atoms with van der Waals surface area (Å²) >= 11 is 0. The number of amides is 2. The third kappa shape index (κ3) is 3.81. The van der Waals surface area contributed by atoms with Crippen LogP contribution < -0.4 is 4.90 Å². The number of nitrogens with zero attached hydrogens (tertiary/aromatic N) is 1. The summed E-state index contributed by atoms with van der Waals surface area (Å²) in [5.74, 6) is -1.41. The molecule has 4 atom stereocenters. The van der Waals surface area contributed by atoms with E-state index in [2.05, 4.69) is 20.8 Å². The lowest BCUT2D eigenvalue weighted by atomic mass is 9.73. The van der Waals surface area contributed by atoms with Gasteiger partial charge in [-0.25, -0.2) is 4.90 Å². The van der Waals surface area contributed by atoms with Crippen LogP contribution in [0.1, 0.15) is 41.0 Å². The van der Waals surface area contributed by atoms with Gasteiger partial charge in [-0.3, -0.25) is 9.59 Å². The maximum Gasteiger partial charge on any atom is 0.241 e. The van der Waals surface area contributed by atoms with Crippen LogP contribution in [0, 0.1) is 17.8 Å². The van der Waals surface area contributed by atoms with Gasteiger partial charge in [-0.15, -0.1) is 0 Å². The Kier molecular flexibility index (Phi) is 6.70. The molecule has 3 rings (SSSR count). The van der Waals surface area contributed by atoms with Gasteiger partial charge < -0.3 is 9.53 Å². The van der Waals surface area contributed by atoms with Gasteiger partial charge in [0.1, 0.15) is 5.60 Å². The predicted molar refractivity (Wildman–Crippen MR) is 122 cm³/mol. The SMILES string of the molecule is CC[Si](CC)(CC)O[C@]1([C@H](O)C(C)C)C=C[C@H]2C(=O)N(c3ccccc3)C(=O)[C@H]2C1. The smallest absolute Gasteiger partial charge is 0.241 e. The Morgan fingerprint density at radius 1 is 1.10 bits per heavy atom. The van der Waals surface area contributed by atoms with Crippen molar-refractivity contribution in [2.45, 2.75) is 70.9 Å². The molecule has 0 radical (unpaired) electrons. The number of benzene rings is 1. The first-order valence-corrected chi connectivity index (χ1v) is 13.8. The Labute approximate surface area is 181 Å². The van der Waals surface area contributed by atoms with Gasteiger partial charge in [0, 0.05) is 0 Å². The van der Waals surface area contributed by atoms with Crippen molar-refractivity contribution in [1.29, 1.82) is 0 Å². The minimum Gasteiger partial charge on any atom is -0.405 e. The molecule has 1 saturated heterocycles. The van der Waals surface area contributed by atoms with Crippen molar-refractivity contribution >= 4 is 25.8 Å². The summed E-state index contributed by atoms with van der Waals surface area (Å²) in [4.78, 5) is 27.7. The molecule has 1 heterocycles. The van der Waals surface area contributed by atoms with Gasteiger partial charge >= 0.3 is 0 Å². The molecule has 164 valence electrons. The third-order valence-corrected chi connectivity index (χ3v) is 11.8. The lowest BCUT2D eigenvalue weighted by Crippen LogP contribution is -2.56. The van der Waals surface area contributed by atoms with Crippen molar-refractivity contribution in [2.24, 2.45) is 17.8 Å². The second-order valence-electron chi connectivity index (χ2n) is 9.03. The summed E-state index contributed by atoms with van der Waals surface area (Å²) in [5.41, 5.74) is -0.322. The molecule has 0 spiro atoms. The van der Waals surface area contributed by atoms with E-state index in [1.165, 1.54) is 4.90 Å². The minimum absolute atomic E-state index is 0.0269. The number of hydrogen-bond donors (Lipinski definition) is 1. The van der Waals surface area contributed by atoms with Crippen LogP contribution in [-0.2, 0) is 14.0 Å². The van der Waals surface area contributed by atoms with E-state index in [0.29, 0.717) is 12.1 Å². The Morgan fingerprint density at radius 2 is 1.70 bits per heavy atom. The summed E-state index contributed by atoms with van der Waals surface area (Å²) in [6.45, 7) is 10.4. The normalized spacial score (nSPS) is 27.6. The Balaban J connectivity index is 2.00. The summed E-state index contributed by atoms with van der Waals surface area (Å²) < 4.78 is 6.89. The van der Waals surface area contributed by atoms with Crippen LogP contribution in [0.15, 0.2) is 42.5 Å². The first-order valence-electron chi connectivity index (χ1n) is 11.2. The van der Waals surface area contributed by atoms with E-state index in [9.17, 15) is 14.7 Å². The molecule has 30 heavy (non-hydrogen) atoms. The van der Waals surface area contributed by atoms with Gasteiger partial charge in [0.25, 0.3) is 0 Å². The zero-order chi connectivity index (χ0) is 22.1. The van der Waals surface area contributed by atoms with Crippen molar-refractivity contribution in [3.05, 3.63) is 42.5 Å². The molecule has 6 heteroatoms. The largest absolute Gasteiger partial charge is 0.405 e. The first kappa shape index (κ1) is 22.9. The van der Waals surface area contributed by atoms with Gasteiger partial charge in [0.05, 0.1) is 23.6 Å². The highest BCUT2D eigenvalue weighted by molar-refractivity contribution is 6.73. The van der Waals surface area contributed by atoms with Gasteiger partial charge in [0.15, 0.2) is 8.32 Å². The molecule has 2 amide bonds. The number of aliphatic hydroxyl groups excluding tert-OH is 1. The van der Waals surface area contributed by atoms with Gasteiger partial charge in [-0.1, -0.05) is 65.0 Å². The zero-order valence-corrected chi connectivity index (χ0v) is 19.8. The predicted octanol–water partition coefficient (Wildman–Crippen LogP) is 4.53. The Bertz CT molecular complexity index is 796. The van der Waals surface area contributed by atoms with Crippen LogP contribution in [0.2, 0.25) is 18.1 Å². The van der Waals surface area contributed by atoms with Crippen LogP contribution in [0.4, 0.5) is 5.69 Å². The maximum absolute atomic E-state index is 13.4. The molecule has 2 aliphatic rings. The standard InChI is InChI=1S/C24H35NO4Si/c1-6-30(7-2,8-3)29-24(21(26)17(4)5)15-14-19-20(16-24)23(28)25(22(19)27)18-12-10-9-11-13-18/h9-15,17,19-21,26H,6-8,16H2,1-5H3/t19-,20+,21-,24-/m1/s1. The summed E-state index contributed by atoms with van der Waals surface area (Å²) in [6.07, 6.45) is 3.33. The molecule has 1 aromatic rings. The summed E-state index contributed by atoms with van der Waals surface area (Å²) in [5, 5.41) is 11.2. The second-order valence-corrected chi connectivity index (χ2v) is 13.7. The highest BCUT2D eigenvalue weighted by Gasteiger charge is 2.56. The highest BCUT2D eigenvalue weighted by Crippen LogP contribution is 2.46. The molecule has 1 aromatic carbocycles. The average Bonchev–Trinajstić information content (AvgIpc) is 3.01. The Morgan fingerprint density at radius 3 is 2.23 bits per heavy atom. The van der Waals surface area contributed by atoms with Crippen molar-refractivity contribution in [3.63, 3.8) is 0 Å². The molecule has 1 N–H and O–H groups in total. The number of aliphatic hydroxyl groups is 1. The maximum atomic E-state index is 13.4. The number of anilines is 1. The fourth-order valence-electron chi connectivity index (χ4n) is 4.98. The molecule has 0 bridgehead atoms. The average molecular weight is 430 g/mol. The molecular formula is C24H35NO4Si. The van der Waals surface area contributed by atoms with E-state index in [1.807, 2.05) is 44.2 Å². The minimum atomic E-state index is -2.07. The molecule has 0 aromatic heterocycles. The van der Waals surface area contributed by atoms with Crippen LogP contribution >= 0.6 is 0 Å². The fourth-order valence-corrected chi connectivity index (χ4v) is 7.99. The molecule has 5 nitrogen and oxygen atoms in total. The van der Waals surface area contributed by atoms with E-state index in [4.69, 9.17) is 4.43 Å². The molecule has 1 aliphatic carbocycles. The lowest BCUT2D eigenvalue weighted by molar-refractivity contribution is -0.125. The molecule has 1 fully saturated rings. The molecule has 0 saturated carbocycles. The quantitative estimate of drug-likeness (QED) is 0.375. The van der Waals surface area contributed by atoms with E-state index >= 15 is 0 Å². The summed E-state index contributed by atoms with van der Waals surface area (Å²) in [6, 6.07) is 12.0. The van der Waals surface area contributed by atoms with Crippen molar-refractivity contribution in [1.82, 2.24) is 0 Å². The van der Waals surface area contributed by atoms with E-state index < -0.39 is 31.9 Å². The molecular weight excluding hydrogens is 394 g/mol. The van der Waals surface area contributed by atoms with Crippen LogP contribution in [0.3, 0.4) is 0 Å². The molecule has 1 aliphatic heterocycles. The molecule has 0 unspecified atom stereocenters. The fraction of sp³-hybridized carbons (Fsp3) is 0.583. The van der Waals surface area contributed by atoms with Crippen molar-refractivity contribution in [3.8, 4) is 0 Å². The second kappa shape index (κ2) is 8.77. The van der Waals surface area contributed by atoms with Crippen LogP contribution in [0.25, 0.3) is 0 Å². The topological polar surface area (TPSA) is 66.8 Å². The van der Waals surface area contributed by atoms with Crippen molar-refractivity contribution < 1.29 is 19.1 Å². The van der Waals surface area contributed by atoms with Gasteiger partial charge in [-0.2, -0.15) is 0 Å².